The van der Waals surface area contributed by atoms with Crippen molar-refractivity contribution in [3.63, 3.8) is 0 Å². The molecule has 0 aromatic heterocycles. The standard InChI is InChI=1S/C14H10Br2ClFO/c15-7-9-6-10(16)4-5-14(9)19-8-11-12(17)2-1-3-13(11)18/h1-6H,7-8H2. The summed E-state index contributed by atoms with van der Waals surface area (Å²) in [7, 11) is 0. The Morgan fingerprint density at radius 1 is 1.21 bits per heavy atom. The van der Waals surface area contributed by atoms with E-state index in [1.54, 1.807) is 12.1 Å². The molecule has 2 aromatic carbocycles. The van der Waals surface area contributed by atoms with Gasteiger partial charge < -0.3 is 4.74 Å². The van der Waals surface area contributed by atoms with Gasteiger partial charge >= 0.3 is 0 Å². The first-order chi connectivity index (χ1) is 9.11. The van der Waals surface area contributed by atoms with Gasteiger partial charge in [-0.25, -0.2) is 4.39 Å². The number of halogens is 4. The smallest absolute Gasteiger partial charge is 0.131 e. The summed E-state index contributed by atoms with van der Waals surface area (Å²) in [5.74, 6) is 0.351. The zero-order chi connectivity index (χ0) is 13.8. The van der Waals surface area contributed by atoms with Gasteiger partial charge in [0.15, 0.2) is 0 Å². The molecule has 0 amide bonds. The van der Waals surface area contributed by atoms with E-state index in [4.69, 9.17) is 16.3 Å². The summed E-state index contributed by atoms with van der Waals surface area (Å²) >= 11 is 12.8. The zero-order valence-electron chi connectivity index (χ0n) is 9.80. The summed E-state index contributed by atoms with van der Waals surface area (Å²) < 4.78 is 20.2. The van der Waals surface area contributed by atoms with Crippen molar-refractivity contribution in [3.8, 4) is 5.75 Å². The minimum absolute atomic E-state index is 0.104. The Labute approximate surface area is 133 Å². The van der Waals surface area contributed by atoms with E-state index in [1.165, 1.54) is 6.07 Å². The molecule has 0 N–H and O–H groups in total. The fraction of sp³-hybridized carbons (Fsp3) is 0.143. The Morgan fingerprint density at radius 2 is 2.00 bits per heavy atom. The molecule has 0 bridgehead atoms. The average Bonchev–Trinajstić information content (AvgIpc) is 2.39. The third-order valence-corrected chi connectivity index (χ3v) is 4.05. The lowest BCUT2D eigenvalue weighted by molar-refractivity contribution is 0.297. The number of alkyl halides is 1. The highest BCUT2D eigenvalue weighted by atomic mass is 79.9. The van der Waals surface area contributed by atoms with Crippen molar-refractivity contribution >= 4 is 43.5 Å². The number of benzene rings is 2. The number of hydrogen-bond donors (Lipinski definition) is 0. The topological polar surface area (TPSA) is 9.23 Å². The molecule has 0 aliphatic heterocycles. The third-order valence-electron chi connectivity index (χ3n) is 2.60. The summed E-state index contributed by atoms with van der Waals surface area (Å²) in [6.07, 6.45) is 0. The Morgan fingerprint density at radius 3 is 2.68 bits per heavy atom. The number of ether oxygens (including phenoxy) is 1. The van der Waals surface area contributed by atoms with Gasteiger partial charge in [0.2, 0.25) is 0 Å². The molecule has 0 fully saturated rings. The summed E-state index contributed by atoms with van der Waals surface area (Å²) in [6, 6.07) is 10.3. The van der Waals surface area contributed by atoms with Gasteiger partial charge in [-0.2, -0.15) is 0 Å². The average molecular weight is 408 g/mol. The SMILES string of the molecule is Fc1cccc(Cl)c1COc1ccc(Br)cc1CBr. The van der Waals surface area contributed by atoms with Crippen LogP contribution in [0.15, 0.2) is 40.9 Å². The van der Waals surface area contributed by atoms with E-state index in [1.807, 2.05) is 18.2 Å². The molecule has 19 heavy (non-hydrogen) atoms. The highest BCUT2D eigenvalue weighted by Gasteiger charge is 2.09. The molecule has 0 radical (unpaired) electrons. The first-order valence-corrected chi connectivity index (χ1v) is 7.81. The van der Waals surface area contributed by atoms with Crippen molar-refractivity contribution in [1.82, 2.24) is 0 Å². The lowest BCUT2D eigenvalue weighted by Gasteiger charge is -2.12. The first kappa shape index (κ1) is 14.8. The molecule has 2 aromatic rings. The lowest BCUT2D eigenvalue weighted by atomic mass is 10.2. The van der Waals surface area contributed by atoms with Gasteiger partial charge in [0, 0.05) is 20.9 Å². The van der Waals surface area contributed by atoms with Crippen molar-refractivity contribution in [2.24, 2.45) is 0 Å². The predicted molar refractivity (Wildman–Crippen MR) is 82.5 cm³/mol. The van der Waals surface area contributed by atoms with Gasteiger partial charge in [-0.05, 0) is 30.3 Å². The maximum atomic E-state index is 13.6. The molecule has 0 saturated carbocycles. The van der Waals surface area contributed by atoms with E-state index >= 15 is 0 Å². The van der Waals surface area contributed by atoms with Crippen LogP contribution in [0.2, 0.25) is 5.02 Å². The lowest BCUT2D eigenvalue weighted by Crippen LogP contribution is -2.01. The van der Waals surface area contributed by atoms with E-state index in [-0.39, 0.29) is 12.4 Å². The summed E-state index contributed by atoms with van der Waals surface area (Å²) in [5.41, 5.74) is 1.36. The molecular weight excluding hydrogens is 398 g/mol. The summed E-state index contributed by atoms with van der Waals surface area (Å²) in [5, 5.41) is 1.03. The molecule has 0 aliphatic rings. The normalized spacial score (nSPS) is 10.5. The van der Waals surface area contributed by atoms with Crippen molar-refractivity contribution in [3.05, 3.63) is 62.8 Å². The molecule has 1 nitrogen and oxygen atoms in total. The van der Waals surface area contributed by atoms with Crippen molar-refractivity contribution in [1.29, 1.82) is 0 Å². The molecule has 2 rings (SSSR count). The molecule has 5 heteroatoms. The molecule has 100 valence electrons. The van der Waals surface area contributed by atoms with Gasteiger partial charge in [-0.1, -0.05) is 49.5 Å². The molecule has 0 heterocycles. The van der Waals surface area contributed by atoms with E-state index in [0.717, 1.165) is 10.0 Å². The van der Waals surface area contributed by atoms with Crippen molar-refractivity contribution in [2.45, 2.75) is 11.9 Å². The predicted octanol–water partition coefficient (Wildman–Crippen LogP) is 5.72. The highest BCUT2D eigenvalue weighted by Crippen LogP contribution is 2.27. The fourth-order valence-electron chi connectivity index (χ4n) is 1.61. The quantitative estimate of drug-likeness (QED) is 0.589. The van der Waals surface area contributed by atoms with Crippen LogP contribution in [0.25, 0.3) is 0 Å². The molecule has 0 unspecified atom stereocenters. The van der Waals surface area contributed by atoms with E-state index in [2.05, 4.69) is 31.9 Å². The zero-order valence-corrected chi connectivity index (χ0v) is 13.7. The Balaban J connectivity index is 2.19. The van der Waals surface area contributed by atoms with Crippen LogP contribution in [0, 0.1) is 5.82 Å². The highest BCUT2D eigenvalue weighted by molar-refractivity contribution is 9.10. The molecule has 0 spiro atoms. The van der Waals surface area contributed by atoms with Gasteiger partial charge in [0.1, 0.15) is 18.2 Å². The second-order valence-electron chi connectivity index (χ2n) is 3.87. The maximum Gasteiger partial charge on any atom is 0.131 e. The van der Waals surface area contributed by atoms with Crippen molar-refractivity contribution < 1.29 is 9.13 Å². The summed E-state index contributed by atoms with van der Waals surface area (Å²) in [4.78, 5) is 0. The Hall–Kier alpha value is -0.580. The van der Waals surface area contributed by atoms with Crippen LogP contribution in [0.5, 0.6) is 5.75 Å². The van der Waals surface area contributed by atoms with Crippen LogP contribution in [-0.2, 0) is 11.9 Å². The monoisotopic (exact) mass is 406 g/mol. The van der Waals surface area contributed by atoms with Crippen LogP contribution >= 0.6 is 43.5 Å². The minimum atomic E-state index is -0.356. The van der Waals surface area contributed by atoms with E-state index < -0.39 is 0 Å². The molecular formula is C14H10Br2ClFO. The largest absolute Gasteiger partial charge is 0.488 e. The van der Waals surface area contributed by atoms with Gasteiger partial charge in [-0.3, -0.25) is 0 Å². The molecule has 0 aliphatic carbocycles. The first-order valence-electron chi connectivity index (χ1n) is 5.52. The second-order valence-corrected chi connectivity index (χ2v) is 5.76. The van der Waals surface area contributed by atoms with Crippen LogP contribution in [0.3, 0.4) is 0 Å². The van der Waals surface area contributed by atoms with Crippen LogP contribution in [-0.4, -0.2) is 0 Å². The number of rotatable bonds is 4. The van der Waals surface area contributed by atoms with Crippen molar-refractivity contribution in [2.75, 3.05) is 0 Å². The fourth-order valence-corrected chi connectivity index (χ4v) is 2.68. The Kier molecular flexibility index (Phi) is 5.25. The van der Waals surface area contributed by atoms with Crippen LogP contribution in [0.1, 0.15) is 11.1 Å². The molecule has 0 atom stereocenters. The van der Waals surface area contributed by atoms with Gasteiger partial charge in [0.05, 0.1) is 5.02 Å². The molecule has 0 saturated heterocycles. The van der Waals surface area contributed by atoms with Crippen LogP contribution < -0.4 is 4.74 Å². The van der Waals surface area contributed by atoms with E-state index in [9.17, 15) is 4.39 Å². The van der Waals surface area contributed by atoms with Gasteiger partial charge in [-0.15, -0.1) is 0 Å². The minimum Gasteiger partial charge on any atom is -0.488 e. The maximum absolute atomic E-state index is 13.6. The van der Waals surface area contributed by atoms with Crippen LogP contribution in [0.4, 0.5) is 4.39 Å². The third kappa shape index (κ3) is 3.71. The van der Waals surface area contributed by atoms with Gasteiger partial charge in [0.25, 0.3) is 0 Å². The Bertz CT molecular complexity index is 569. The second kappa shape index (κ2) is 6.73. The van der Waals surface area contributed by atoms with E-state index in [0.29, 0.717) is 21.7 Å². The summed E-state index contributed by atoms with van der Waals surface area (Å²) in [6.45, 7) is 0.104. The number of hydrogen-bond acceptors (Lipinski definition) is 1.